The standard InChI is InChI=1S/C17H25N3O2S.HI/c1-2-18-16(20-11-17(21)7-8-23-12-17)19-10-14-9-13-5-3-4-6-15(13)22-14;/h3-6,14,21H,2,7-12H2,1H3,(H2,18,19,20);1H. The summed E-state index contributed by atoms with van der Waals surface area (Å²) in [6.45, 7) is 3.98. The Hall–Kier alpha value is -0.670. The van der Waals surface area contributed by atoms with Gasteiger partial charge < -0.3 is 20.5 Å². The maximum atomic E-state index is 10.4. The van der Waals surface area contributed by atoms with E-state index in [2.05, 4.69) is 21.7 Å². The van der Waals surface area contributed by atoms with Crippen LogP contribution in [0.4, 0.5) is 0 Å². The summed E-state index contributed by atoms with van der Waals surface area (Å²) in [6.07, 6.45) is 1.87. The Kier molecular flexibility index (Phi) is 7.49. The zero-order valence-corrected chi connectivity index (χ0v) is 17.1. The molecule has 0 bridgehead atoms. The summed E-state index contributed by atoms with van der Waals surface area (Å²) in [7, 11) is 0. The minimum absolute atomic E-state index is 0. The van der Waals surface area contributed by atoms with E-state index in [-0.39, 0.29) is 30.1 Å². The van der Waals surface area contributed by atoms with Crippen LogP contribution >= 0.6 is 35.7 Å². The number of aliphatic hydroxyl groups is 1. The SMILES string of the molecule is CCNC(=NCC1(O)CCSC1)NCC1Cc2ccccc2O1.I. The first-order chi connectivity index (χ1) is 11.2. The fourth-order valence-electron chi connectivity index (χ4n) is 2.87. The molecule has 2 atom stereocenters. The normalized spacial score (nSPS) is 25.6. The van der Waals surface area contributed by atoms with Crippen LogP contribution in [-0.4, -0.2) is 53.9 Å². The molecule has 7 heteroatoms. The highest BCUT2D eigenvalue weighted by Crippen LogP contribution is 2.28. The molecule has 2 aliphatic rings. The van der Waals surface area contributed by atoms with Crippen LogP contribution in [0, 0.1) is 0 Å². The van der Waals surface area contributed by atoms with Gasteiger partial charge in [0.05, 0.1) is 18.7 Å². The van der Waals surface area contributed by atoms with Crippen LogP contribution < -0.4 is 15.4 Å². The van der Waals surface area contributed by atoms with E-state index >= 15 is 0 Å². The smallest absolute Gasteiger partial charge is 0.191 e. The summed E-state index contributed by atoms with van der Waals surface area (Å²) >= 11 is 1.79. The number of halogens is 1. The maximum Gasteiger partial charge on any atom is 0.191 e. The number of aliphatic imine (C=N–C) groups is 1. The first kappa shape index (κ1) is 19.7. The number of hydrogen-bond acceptors (Lipinski definition) is 4. The second kappa shape index (κ2) is 9.15. The molecule has 134 valence electrons. The Morgan fingerprint density at radius 1 is 1.42 bits per heavy atom. The van der Waals surface area contributed by atoms with Crippen LogP contribution in [0.3, 0.4) is 0 Å². The van der Waals surface area contributed by atoms with Gasteiger partial charge >= 0.3 is 0 Å². The quantitative estimate of drug-likeness (QED) is 0.355. The van der Waals surface area contributed by atoms with Gasteiger partial charge in [0.1, 0.15) is 11.9 Å². The summed E-state index contributed by atoms with van der Waals surface area (Å²) in [6, 6.07) is 8.17. The van der Waals surface area contributed by atoms with Crippen molar-refractivity contribution in [2.24, 2.45) is 4.99 Å². The van der Waals surface area contributed by atoms with Gasteiger partial charge in [-0.2, -0.15) is 11.8 Å². The molecule has 0 amide bonds. The third kappa shape index (κ3) is 5.16. The number of para-hydroxylation sites is 1. The zero-order chi connectivity index (χ0) is 16.1. The van der Waals surface area contributed by atoms with Crippen LogP contribution in [0.25, 0.3) is 0 Å². The van der Waals surface area contributed by atoms with Crippen molar-refractivity contribution in [1.29, 1.82) is 0 Å². The minimum Gasteiger partial charge on any atom is -0.488 e. The molecule has 2 aliphatic heterocycles. The number of nitrogens with one attached hydrogen (secondary N) is 2. The average Bonchev–Trinajstić information content (AvgIpc) is 3.16. The summed E-state index contributed by atoms with van der Waals surface area (Å²) < 4.78 is 5.94. The van der Waals surface area contributed by atoms with Crippen molar-refractivity contribution in [1.82, 2.24) is 10.6 Å². The predicted octanol–water partition coefficient (Wildman–Crippen LogP) is 2.03. The maximum absolute atomic E-state index is 10.4. The van der Waals surface area contributed by atoms with Crippen LogP contribution in [-0.2, 0) is 6.42 Å². The van der Waals surface area contributed by atoms with Crippen molar-refractivity contribution in [2.45, 2.75) is 31.5 Å². The molecule has 24 heavy (non-hydrogen) atoms. The van der Waals surface area contributed by atoms with E-state index in [1.54, 1.807) is 11.8 Å². The highest BCUT2D eigenvalue weighted by molar-refractivity contribution is 14.0. The molecule has 0 radical (unpaired) electrons. The van der Waals surface area contributed by atoms with E-state index in [0.29, 0.717) is 13.1 Å². The molecule has 2 unspecified atom stereocenters. The predicted molar refractivity (Wildman–Crippen MR) is 111 cm³/mol. The van der Waals surface area contributed by atoms with Crippen LogP contribution in [0.1, 0.15) is 18.9 Å². The summed E-state index contributed by atoms with van der Waals surface area (Å²) in [5, 5.41) is 17.0. The van der Waals surface area contributed by atoms with Gasteiger partial charge in [-0.25, -0.2) is 0 Å². The van der Waals surface area contributed by atoms with Gasteiger partial charge in [-0.15, -0.1) is 24.0 Å². The molecule has 0 aliphatic carbocycles. The molecule has 1 aromatic carbocycles. The van der Waals surface area contributed by atoms with E-state index in [9.17, 15) is 5.11 Å². The molecule has 5 nitrogen and oxygen atoms in total. The largest absolute Gasteiger partial charge is 0.488 e. The topological polar surface area (TPSA) is 65.9 Å². The molecule has 1 fully saturated rings. The molecule has 3 rings (SSSR count). The number of ether oxygens (including phenoxy) is 1. The van der Waals surface area contributed by atoms with Crippen molar-refractivity contribution in [3.8, 4) is 5.75 Å². The number of rotatable bonds is 5. The minimum atomic E-state index is -0.646. The van der Waals surface area contributed by atoms with Crippen LogP contribution in [0.5, 0.6) is 5.75 Å². The molecule has 0 saturated carbocycles. The molecular formula is C17H26IN3O2S. The number of hydrogen-bond donors (Lipinski definition) is 3. The fourth-order valence-corrected chi connectivity index (χ4v) is 4.15. The fraction of sp³-hybridized carbons (Fsp3) is 0.588. The van der Waals surface area contributed by atoms with E-state index < -0.39 is 5.60 Å². The summed E-state index contributed by atoms with van der Waals surface area (Å²) in [5.41, 5.74) is 0.617. The molecule has 1 aromatic rings. The van der Waals surface area contributed by atoms with Gasteiger partial charge in [0.15, 0.2) is 5.96 Å². The molecule has 0 aromatic heterocycles. The Morgan fingerprint density at radius 3 is 2.96 bits per heavy atom. The lowest BCUT2D eigenvalue weighted by Crippen LogP contribution is -2.43. The van der Waals surface area contributed by atoms with Gasteiger partial charge in [0.25, 0.3) is 0 Å². The van der Waals surface area contributed by atoms with Crippen LogP contribution in [0.2, 0.25) is 0 Å². The van der Waals surface area contributed by atoms with Crippen molar-refractivity contribution < 1.29 is 9.84 Å². The van der Waals surface area contributed by atoms with Crippen molar-refractivity contribution in [2.75, 3.05) is 31.1 Å². The third-order valence-electron chi connectivity index (χ3n) is 4.17. The average molecular weight is 463 g/mol. The number of guanidine groups is 1. The van der Waals surface area contributed by atoms with Gasteiger partial charge in [-0.3, -0.25) is 4.99 Å². The van der Waals surface area contributed by atoms with Crippen molar-refractivity contribution in [3.63, 3.8) is 0 Å². The van der Waals surface area contributed by atoms with E-state index in [1.807, 2.05) is 25.1 Å². The second-order valence-corrected chi connectivity index (χ2v) is 7.26. The second-order valence-electron chi connectivity index (χ2n) is 6.15. The zero-order valence-electron chi connectivity index (χ0n) is 14.0. The highest BCUT2D eigenvalue weighted by atomic mass is 127. The number of benzene rings is 1. The number of nitrogens with zero attached hydrogens (tertiary/aromatic N) is 1. The summed E-state index contributed by atoms with van der Waals surface area (Å²) in [5.74, 6) is 3.53. The van der Waals surface area contributed by atoms with E-state index in [0.717, 1.165) is 42.6 Å². The Morgan fingerprint density at radius 2 is 2.25 bits per heavy atom. The van der Waals surface area contributed by atoms with Gasteiger partial charge in [-0.05, 0) is 30.7 Å². The number of thioether (sulfide) groups is 1. The van der Waals surface area contributed by atoms with Gasteiger partial charge in [0, 0.05) is 18.7 Å². The molecular weight excluding hydrogens is 437 g/mol. The van der Waals surface area contributed by atoms with Crippen LogP contribution in [0.15, 0.2) is 29.3 Å². The lowest BCUT2D eigenvalue weighted by atomic mass is 10.1. The lowest BCUT2D eigenvalue weighted by molar-refractivity contribution is 0.0778. The van der Waals surface area contributed by atoms with Crippen molar-refractivity contribution >= 4 is 41.7 Å². The summed E-state index contributed by atoms with van der Waals surface area (Å²) in [4.78, 5) is 4.55. The van der Waals surface area contributed by atoms with Gasteiger partial charge in [-0.1, -0.05) is 18.2 Å². The first-order valence-corrected chi connectivity index (χ1v) is 9.41. The van der Waals surface area contributed by atoms with Crippen molar-refractivity contribution in [3.05, 3.63) is 29.8 Å². The van der Waals surface area contributed by atoms with Gasteiger partial charge in [0.2, 0.25) is 0 Å². The highest BCUT2D eigenvalue weighted by Gasteiger charge is 2.31. The Balaban J connectivity index is 0.00000208. The molecule has 1 saturated heterocycles. The Bertz CT molecular complexity index is 540. The van der Waals surface area contributed by atoms with E-state index in [4.69, 9.17) is 4.74 Å². The molecule has 2 heterocycles. The first-order valence-electron chi connectivity index (χ1n) is 8.25. The number of fused-ring (bicyclic) bond motifs is 1. The van der Waals surface area contributed by atoms with E-state index in [1.165, 1.54) is 5.56 Å². The lowest BCUT2D eigenvalue weighted by Gasteiger charge is -2.20. The molecule has 0 spiro atoms. The molecule has 3 N–H and O–H groups in total. The Labute approximate surface area is 165 Å². The monoisotopic (exact) mass is 463 g/mol. The third-order valence-corrected chi connectivity index (χ3v) is 5.40.